The summed E-state index contributed by atoms with van der Waals surface area (Å²) in [6.07, 6.45) is -0.408. The molecule has 0 fully saturated rings. The van der Waals surface area contributed by atoms with Crippen LogP contribution in [0, 0.1) is 0 Å². The van der Waals surface area contributed by atoms with Crippen LogP contribution in [0.15, 0.2) is 29.6 Å². The highest BCUT2D eigenvalue weighted by Crippen LogP contribution is 2.24. The van der Waals surface area contributed by atoms with Crippen molar-refractivity contribution >= 4 is 21.4 Å². The maximum absolute atomic E-state index is 9.89. The van der Waals surface area contributed by atoms with Gasteiger partial charge in [0.15, 0.2) is 0 Å². The zero-order valence-corrected chi connectivity index (χ0v) is 9.55. The van der Waals surface area contributed by atoms with E-state index in [1.54, 1.807) is 11.3 Å². The van der Waals surface area contributed by atoms with Gasteiger partial charge in [-0.05, 0) is 41.1 Å². The Balaban J connectivity index is 2.19. The van der Waals surface area contributed by atoms with Crippen LogP contribution in [0.3, 0.4) is 0 Å². The maximum Gasteiger partial charge on any atom is 0.0914 e. The molecule has 0 aliphatic carbocycles. The summed E-state index contributed by atoms with van der Waals surface area (Å²) in [6, 6.07) is 8.22. The first-order valence-electron chi connectivity index (χ1n) is 5.17. The number of thiophene rings is 1. The highest BCUT2D eigenvalue weighted by molar-refractivity contribution is 7.17. The largest absolute Gasteiger partial charge is 0.387 e. The van der Waals surface area contributed by atoms with E-state index >= 15 is 0 Å². The van der Waals surface area contributed by atoms with Crippen LogP contribution in [0.1, 0.15) is 18.6 Å². The minimum absolute atomic E-state index is 0.408. The monoisotopic (exact) mass is 221 g/mol. The zero-order valence-electron chi connectivity index (χ0n) is 8.73. The fraction of sp³-hybridized carbons (Fsp3) is 0.333. The maximum atomic E-state index is 9.89. The summed E-state index contributed by atoms with van der Waals surface area (Å²) < 4.78 is 1.27. The van der Waals surface area contributed by atoms with Gasteiger partial charge in [0.25, 0.3) is 0 Å². The second-order valence-electron chi connectivity index (χ2n) is 3.54. The van der Waals surface area contributed by atoms with Crippen LogP contribution in [0.25, 0.3) is 10.1 Å². The van der Waals surface area contributed by atoms with E-state index in [9.17, 15) is 5.11 Å². The molecule has 1 heterocycles. The lowest BCUT2D eigenvalue weighted by atomic mass is 10.1. The standard InChI is InChI=1S/C12H15NOS/c1-2-13-8-11(14)9-3-4-12-10(7-9)5-6-15-12/h3-7,11,13-14H,2,8H2,1H3. The second-order valence-corrected chi connectivity index (χ2v) is 4.49. The highest BCUT2D eigenvalue weighted by atomic mass is 32.1. The van der Waals surface area contributed by atoms with Crippen LogP contribution in [-0.2, 0) is 0 Å². The van der Waals surface area contributed by atoms with E-state index in [0.717, 1.165) is 12.1 Å². The third-order valence-corrected chi connectivity index (χ3v) is 3.35. The van der Waals surface area contributed by atoms with E-state index in [0.29, 0.717) is 6.54 Å². The molecule has 0 aliphatic rings. The van der Waals surface area contributed by atoms with Crippen molar-refractivity contribution in [1.82, 2.24) is 5.32 Å². The third-order valence-electron chi connectivity index (χ3n) is 2.45. The molecule has 15 heavy (non-hydrogen) atoms. The van der Waals surface area contributed by atoms with Crippen molar-refractivity contribution in [3.63, 3.8) is 0 Å². The lowest BCUT2D eigenvalue weighted by Gasteiger charge is -2.11. The molecule has 1 aromatic heterocycles. The van der Waals surface area contributed by atoms with E-state index in [4.69, 9.17) is 0 Å². The highest BCUT2D eigenvalue weighted by Gasteiger charge is 2.07. The Hall–Kier alpha value is -0.900. The zero-order chi connectivity index (χ0) is 10.7. The molecule has 0 saturated carbocycles. The lowest BCUT2D eigenvalue weighted by Crippen LogP contribution is -2.20. The molecule has 1 aromatic carbocycles. The van der Waals surface area contributed by atoms with Crippen LogP contribution in [-0.4, -0.2) is 18.2 Å². The van der Waals surface area contributed by atoms with Crippen molar-refractivity contribution in [3.05, 3.63) is 35.2 Å². The normalized spacial score (nSPS) is 13.2. The Morgan fingerprint density at radius 2 is 2.27 bits per heavy atom. The van der Waals surface area contributed by atoms with E-state index in [1.165, 1.54) is 10.1 Å². The summed E-state index contributed by atoms with van der Waals surface area (Å²) in [5.74, 6) is 0. The number of aliphatic hydroxyl groups excluding tert-OH is 1. The molecule has 2 N–H and O–H groups in total. The molecule has 2 aromatic rings. The number of nitrogens with one attached hydrogen (secondary N) is 1. The molecule has 0 amide bonds. The quantitative estimate of drug-likeness (QED) is 0.831. The summed E-state index contributed by atoms with van der Waals surface area (Å²) in [7, 11) is 0. The first-order chi connectivity index (χ1) is 7.31. The van der Waals surface area contributed by atoms with Crippen LogP contribution in [0.5, 0.6) is 0 Å². The first-order valence-corrected chi connectivity index (χ1v) is 6.05. The van der Waals surface area contributed by atoms with Gasteiger partial charge >= 0.3 is 0 Å². The molecular weight excluding hydrogens is 206 g/mol. The van der Waals surface area contributed by atoms with Gasteiger partial charge in [-0.3, -0.25) is 0 Å². The fourth-order valence-corrected chi connectivity index (χ4v) is 2.36. The molecule has 0 bridgehead atoms. The Bertz CT molecular complexity index is 438. The van der Waals surface area contributed by atoms with E-state index in [-0.39, 0.29) is 0 Å². The molecule has 3 heteroatoms. The van der Waals surface area contributed by atoms with Gasteiger partial charge in [-0.15, -0.1) is 11.3 Å². The van der Waals surface area contributed by atoms with Crippen molar-refractivity contribution in [2.45, 2.75) is 13.0 Å². The lowest BCUT2D eigenvalue weighted by molar-refractivity contribution is 0.176. The molecule has 1 unspecified atom stereocenters. The summed E-state index contributed by atoms with van der Waals surface area (Å²) in [6.45, 7) is 3.54. The summed E-state index contributed by atoms with van der Waals surface area (Å²) in [5, 5.41) is 16.3. The average Bonchev–Trinajstić information content (AvgIpc) is 2.72. The van der Waals surface area contributed by atoms with Crippen molar-refractivity contribution in [3.8, 4) is 0 Å². The molecule has 0 aliphatic heterocycles. The summed E-state index contributed by atoms with van der Waals surface area (Å²) in [5.41, 5.74) is 0.988. The second kappa shape index (κ2) is 4.75. The molecular formula is C12H15NOS. The van der Waals surface area contributed by atoms with Gasteiger partial charge in [0.2, 0.25) is 0 Å². The van der Waals surface area contributed by atoms with Gasteiger partial charge in [-0.2, -0.15) is 0 Å². The van der Waals surface area contributed by atoms with Gasteiger partial charge in [0.05, 0.1) is 6.10 Å². The van der Waals surface area contributed by atoms with Gasteiger partial charge in [-0.25, -0.2) is 0 Å². The minimum atomic E-state index is -0.408. The number of hydrogen-bond donors (Lipinski definition) is 2. The van der Waals surface area contributed by atoms with Crippen molar-refractivity contribution < 1.29 is 5.11 Å². The summed E-state index contributed by atoms with van der Waals surface area (Å²) in [4.78, 5) is 0. The van der Waals surface area contributed by atoms with E-state index in [2.05, 4.69) is 28.9 Å². The van der Waals surface area contributed by atoms with Gasteiger partial charge < -0.3 is 10.4 Å². The number of fused-ring (bicyclic) bond motifs is 1. The first kappa shape index (κ1) is 10.6. The number of benzene rings is 1. The molecule has 0 saturated heterocycles. The van der Waals surface area contributed by atoms with Crippen LogP contribution < -0.4 is 5.32 Å². The Kier molecular flexibility index (Phi) is 3.36. The van der Waals surface area contributed by atoms with E-state index < -0.39 is 6.10 Å². The van der Waals surface area contributed by atoms with Crippen molar-refractivity contribution in [2.24, 2.45) is 0 Å². The third kappa shape index (κ3) is 2.37. The molecule has 0 spiro atoms. The predicted octanol–water partition coefficient (Wildman–Crippen LogP) is 2.54. The van der Waals surface area contributed by atoms with Gasteiger partial charge in [-0.1, -0.05) is 13.0 Å². The molecule has 1 atom stereocenters. The van der Waals surface area contributed by atoms with Crippen molar-refractivity contribution in [1.29, 1.82) is 0 Å². The number of aliphatic hydroxyl groups is 1. The topological polar surface area (TPSA) is 32.3 Å². The predicted molar refractivity (Wildman–Crippen MR) is 65.3 cm³/mol. The molecule has 2 nitrogen and oxygen atoms in total. The average molecular weight is 221 g/mol. The molecule has 2 rings (SSSR count). The Morgan fingerprint density at radius 3 is 3.07 bits per heavy atom. The molecule has 80 valence electrons. The summed E-state index contributed by atoms with van der Waals surface area (Å²) >= 11 is 1.73. The van der Waals surface area contributed by atoms with Gasteiger partial charge in [0, 0.05) is 11.2 Å². The van der Waals surface area contributed by atoms with Crippen LogP contribution in [0.2, 0.25) is 0 Å². The van der Waals surface area contributed by atoms with Crippen LogP contribution >= 0.6 is 11.3 Å². The number of rotatable bonds is 4. The smallest absolute Gasteiger partial charge is 0.0914 e. The fourth-order valence-electron chi connectivity index (χ4n) is 1.59. The molecule has 0 radical (unpaired) electrons. The van der Waals surface area contributed by atoms with Gasteiger partial charge in [0.1, 0.15) is 0 Å². The Morgan fingerprint density at radius 1 is 1.40 bits per heavy atom. The SMILES string of the molecule is CCNCC(O)c1ccc2sccc2c1. The minimum Gasteiger partial charge on any atom is -0.387 e. The van der Waals surface area contributed by atoms with Crippen molar-refractivity contribution in [2.75, 3.05) is 13.1 Å². The number of hydrogen-bond acceptors (Lipinski definition) is 3. The van der Waals surface area contributed by atoms with Crippen LogP contribution in [0.4, 0.5) is 0 Å². The number of likely N-dealkylation sites (N-methyl/N-ethyl adjacent to an activating group) is 1. The Labute approximate surface area is 93.6 Å². The van der Waals surface area contributed by atoms with E-state index in [1.807, 2.05) is 13.0 Å².